The summed E-state index contributed by atoms with van der Waals surface area (Å²) in [4.78, 5) is 37.9. The number of para-hydroxylation sites is 2. The van der Waals surface area contributed by atoms with Gasteiger partial charge < -0.3 is 19.9 Å². The van der Waals surface area contributed by atoms with Crippen molar-refractivity contribution in [2.24, 2.45) is 0 Å². The van der Waals surface area contributed by atoms with Crippen LogP contribution in [0.15, 0.2) is 28.8 Å². The lowest BCUT2D eigenvalue weighted by Crippen LogP contribution is -2.36. The lowest BCUT2D eigenvalue weighted by atomic mass is 10.3. The molecule has 1 aliphatic carbocycles. The Morgan fingerprint density at radius 2 is 2.00 bits per heavy atom. The van der Waals surface area contributed by atoms with Crippen molar-refractivity contribution < 1.29 is 23.8 Å². The molecule has 0 spiro atoms. The second-order valence-corrected chi connectivity index (χ2v) is 5.85. The lowest BCUT2D eigenvalue weighted by molar-refractivity contribution is -0.385. The number of nitro groups is 1. The van der Waals surface area contributed by atoms with Crippen LogP contribution in [0.1, 0.15) is 35.3 Å². The lowest BCUT2D eigenvalue weighted by Gasteiger charge is -2.08. The number of nitro benzene ring substituents is 1. The van der Waals surface area contributed by atoms with Gasteiger partial charge in [0.25, 0.3) is 5.91 Å². The van der Waals surface area contributed by atoms with Crippen molar-refractivity contribution >= 4 is 17.5 Å². The molecule has 0 atom stereocenters. The predicted molar refractivity (Wildman–Crippen MR) is 90.2 cm³/mol. The maximum atomic E-state index is 11.8. The molecule has 2 aromatic rings. The Morgan fingerprint density at radius 1 is 1.26 bits per heavy atom. The molecule has 1 aliphatic rings. The molecule has 0 saturated heterocycles. The second-order valence-electron chi connectivity index (χ2n) is 5.85. The SMILES string of the molecule is O=C(COc1ccccc1[N+](=O)[O-])NCCNC(=O)c1nc(C2CC2)no1. The molecular formula is C16H17N5O6. The van der Waals surface area contributed by atoms with Crippen LogP contribution in [-0.2, 0) is 4.79 Å². The number of carbonyl (C=O) groups is 2. The van der Waals surface area contributed by atoms with Crippen LogP contribution in [0.5, 0.6) is 5.75 Å². The van der Waals surface area contributed by atoms with E-state index in [1.165, 1.54) is 18.2 Å². The van der Waals surface area contributed by atoms with Gasteiger partial charge in [0.1, 0.15) is 0 Å². The molecule has 11 heteroatoms. The number of carbonyl (C=O) groups excluding carboxylic acids is 2. The summed E-state index contributed by atoms with van der Waals surface area (Å²) in [6.07, 6.45) is 2.00. The van der Waals surface area contributed by atoms with Crippen LogP contribution in [0.2, 0.25) is 0 Å². The van der Waals surface area contributed by atoms with Crippen LogP contribution >= 0.6 is 0 Å². The third-order valence-corrected chi connectivity index (χ3v) is 3.73. The monoisotopic (exact) mass is 375 g/mol. The molecule has 2 N–H and O–H groups in total. The van der Waals surface area contributed by atoms with E-state index in [2.05, 4.69) is 20.8 Å². The van der Waals surface area contributed by atoms with Gasteiger partial charge in [0.2, 0.25) is 0 Å². The largest absolute Gasteiger partial charge is 0.477 e. The number of hydrogen-bond donors (Lipinski definition) is 2. The second kappa shape index (κ2) is 8.25. The first-order chi connectivity index (χ1) is 13.0. The van der Waals surface area contributed by atoms with E-state index in [4.69, 9.17) is 9.26 Å². The van der Waals surface area contributed by atoms with E-state index >= 15 is 0 Å². The summed E-state index contributed by atoms with van der Waals surface area (Å²) in [5, 5.41) is 19.7. The first-order valence-corrected chi connectivity index (χ1v) is 8.29. The van der Waals surface area contributed by atoms with Crippen molar-refractivity contribution in [3.05, 3.63) is 46.1 Å². The van der Waals surface area contributed by atoms with Gasteiger partial charge in [-0.15, -0.1) is 0 Å². The van der Waals surface area contributed by atoms with Crippen LogP contribution < -0.4 is 15.4 Å². The van der Waals surface area contributed by atoms with E-state index in [9.17, 15) is 19.7 Å². The maximum Gasteiger partial charge on any atom is 0.315 e. The van der Waals surface area contributed by atoms with Crippen molar-refractivity contribution in [2.45, 2.75) is 18.8 Å². The van der Waals surface area contributed by atoms with Crippen molar-refractivity contribution in [1.82, 2.24) is 20.8 Å². The highest BCUT2D eigenvalue weighted by Gasteiger charge is 2.29. The van der Waals surface area contributed by atoms with Crippen molar-refractivity contribution in [3.8, 4) is 5.75 Å². The molecule has 3 rings (SSSR count). The molecule has 0 unspecified atom stereocenters. The summed E-state index contributed by atoms with van der Waals surface area (Å²) in [6.45, 7) is -0.0845. The van der Waals surface area contributed by atoms with Gasteiger partial charge in [-0.1, -0.05) is 17.3 Å². The van der Waals surface area contributed by atoms with E-state index in [0.29, 0.717) is 5.82 Å². The van der Waals surface area contributed by atoms with Crippen LogP contribution in [0.3, 0.4) is 0 Å². The first kappa shape index (κ1) is 18.3. The molecule has 1 heterocycles. The number of amides is 2. The third kappa shape index (κ3) is 5.00. The van der Waals surface area contributed by atoms with Crippen molar-refractivity contribution in [3.63, 3.8) is 0 Å². The van der Waals surface area contributed by atoms with Gasteiger partial charge in [-0.3, -0.25) is 19.7 Å². The minimum Gasteiger partial charge on any atom is -0.477 e. The number of nitrogens with zero attached hydrogens (tertiary/aromatic N) is 3. The molecule has 0 aliphatic heterocycles. The normalized spacial score (nSPS) is 13.0. The van der Waals surface area contributed by atoms with Crippen molar-refractivity contribution in [1.29, 1.82) is 0 Å². The molecule has 1 aromatic carbocycles. The summed E-state index contributed by atoms with van der Waals surface area (Å²) in [5.41, 5.74) is -0.220. The molecule has 2 amide bonds. The highest BCUT2D eigenvalue weighted by molar-refractivity contribution is 5.89. The highest BCUT2D eigenvalue weighted by Crippen LogP contribution is 2.38. The fourth-order valence-corrected chi connectivity index (χ4v) is 2.21. The number of benzene rings is 1. The highest BCUT2D eigenvalue weighted by atomic mass is 16.6. The average Bonchev–Trinajstić information content (AvgIpc) is 3.40. The third-order valence-electron chi connectivity index (χ3n) is 3.73. The first-order valence-electron chi connectivity index (χ1n) is 8.29. The quantitative estimate of drug-likeness (QED) is 0.371. The fraction of sp³-hybridized carbons (Fsp3) is 0.375. The number of hydrogen-bond acceptors (Lipinski definition) is 8. The number of rotatable bonds is 9. The van der Waals surface area contributed by atoms with Crippen molar-refractivity contribution in [2.75, 3.05) is 19.7 Å². The van der Waals surface area contributed by atoms with Gasteiger partial charge in [-0.25, -0.2) is 0 Å². The average molecular weight is 375 g/mol. The van der Waals surface area contributed by atoms with Gasteiger partial charge in [0, 0.05) is 25.1 Å². The van der Waals surface area contributed by atoms with E-state index in [0.717, 1.165) is 12.8 Å². The predicted octanol–water partition coefficient (Wildman–Crippen LogP) is 0.780. The molecule has 1 saturated carbocycles. The molecule has 11 nitrogen and oxygen atoms in total. The van der Waals surface area contributed by atoms with Gasteiger partial charge >= 0.3 is 17.5 Å². The molecule has 0 radical (unpaired) electrons. The Kier molecular flexibility index (Phi) is 5.59. The summed E-state index contributed by atoms with van der Waals surface area (Å²) in [6, 6.07) is 5.77. The fourth-order valence-electron chi connectivity index (χ4n) is 2.21. The minimum atomic E-state index is -0.588. The Bertz CT molecular complexity index is 847. The summed E-state index contributed by atoms with van der Waals surface area (Å²) >= 11 is 0. The number of nitrogens with one attached hydrogen (secondary N) is 2. The van der Waals surface area contributed by atoms with E-state index in [1.54, 1.807) is 6.07 Å². The van der Waals surface area contributed by atoms with Gasteiger partial charge in [-0.05, 0) is 18.9 Å². The molecule has 27 heavy (non-hydrogen) atoms. The maximum absolute atomic E-state index is 11.8. The topological polar surface area (TPSA) is 149 Å². The smallest absolute Gasteiger partial charge is 0.315 e. The van der Waals surface area contributed by atoms with Crippen LogP contribution in [0.4, 0.5) is 5.69 Å². The molecule has 0 bridgehead atoms. The van der Waals surface area contributed by atoms with Crippen LogP contribution in [-0.4, -0.2) is 46.6 Å². The number of aromatic nitrogens is 2. The Balaban J connectivity index is 1.36. The zero-order valence-corrected chi connectivity index (χ0v) is 14.2. The summed E-state index contributed by atoms with van der Waals surface area (Å²) in [5.74, 6) is -0.261. The molecule has 142 valence electrons. The van der Waals surface area contributed by atoms with Crippen LogP contribution in [0.25, 0.3) is 0 Å². The molecule has 1 fully saturated rings. The van der Waals surface area contributed by atoms with E-state index in [-0.39, 0.29) is 42.9 Å². The van der Waals surface area contributed by atoms with Gasteiger partial charge in [0.15, 0.2) is 18.2 Å². The summed E-state index contributed by atoms with van der Waals surface area (Å²) in [7, 11) is 0. The standard InChI is InChI=1S/C16H17N5O6/c22-13(9-26-12-4-2-1-3-11(12)21(24)25)17-7-8-18-15(23)16-19-14(20-27-16)10-5-6-10/h1-4,10H,5-9H2,(H,17,22)(H,18,23). The Morgan fingerprint density at radius 3 is 2.74 bits per heavy atom. The zero-order chi connectivity index (χ0) is 19.2. The van der Waals surface area contributed by atoms with E-state index in [1.807, 2.05) is 0 Å². The Hall–Kier alpha value is -3.50. The van der Waals surface area contributed by atoms with Gasteiger partial charge in [-0.2, -0.15) is 4.98 Å². The Labute approximate surface area is 153 Å². The summed E-state index contributed by atoms with van der Waals surface area (Å²) < 4.78 is 10.1. The van der Waals surface area contributed by atoms with E-state index < -0.39 is 16.7 Å². The molecule has 1 aromatic heterocycles. The zero-order valence-electron chi connectivity index (χ0n) is 14.2. The number of ether oxygens (including phenoxy) is 1. The minimum absolute atomic E-state index is 0.00816. The van der Waals surface area contributed by atoms with Crippen LogP contribution in [0, 0.1) is 10.1 Å². The molecular weight excluding hydrogens is 358 g/mol. The van der Waals surface area contributed by atoms with Gasteiger partial charge in [0.05, 0.1) is 4.92 Å².